The van der Waals surface area contributed by atoms with E-state index in [-0.39, 0.29) is 18.6 Å². The SMILES string of the molecule is Cc1nc2cc(OCc3cc(C(=O)N(C)C4CCOCC4)no3)ccc2s1. The largest absolute Gasteiger partial charge is 0.485 e. The van der Waals surface area contributed by atoms with E-state index in [1.807, 2.05) is 25.1 Å². The lowest BCUT2D eigenvalue weighted by Crippen LogP contribution is -2.40. The summed E-state index contributed by atoms with van der Waals surface area (Å²) in [5, 5.41) is 4.93. The number of hydrogen-bond donors (Lipinski definition) is 0. The van der Waals surface area contributed by atoms with Crippen LogP contribution in [0.1, 0.15) is 34.1 Å². The molecule has 1 saturated heterocycles. The van der Waals surface area contributed by atoms with E-state index in [0.29, 0.717) is 30.4 Å². The molecule has 2 aromatic heterocycles. The molecule has 0 saturated carbocycles. The number of carbonyl (C=O) groups excluding carboxylic acids is 1. The molecule has 1 fully saturated rings. The summed E-state index contributed by atoms with van der Waals surface area (Å²) in [4.78, 5) is 18.8. The van der Waals surface area contributed by atoms with Gasteiger partial charge in [0.05, 0.1) is 15.2 Å². The lowest BCUT2D eigenvalue weighted by atomic mass is 10.1. The van der Waals surface area contributed by atoms with Crippen LogP contribution in [-0.2, 0) is 11.3 Å². The second kappa shape index (κ2) is 7.66. The van der Waals surface area contributed by atoms with E-state index in [1.165, 1.54) is 0 Å². The van der Waals surface area contributed by atoms with Gasteiger partial charge in [0.15, 0.2) is 11.5 Å². The van der Waals surface area contributed by atoms with Gasteiger partial charge < -0.3 is 18.9 Å². The molecule has 0 radical (unpaired) electrons. The maximum Gasteiger partial charge on any atom is 0.276 e. The van der Waals surface area contributed by atoms with E-state index in [0.717, 1.165) is 28.1 Å². The third-order valence-electron chi connectivity index (χ3n) is 4.68. The topological polar surface area (TPSA) is 77.7 Å². The van der Waals surface area contributed by atoms with Gasteiger partial charge in [-0.05, 0) is 31.9 Å². The molecular weight excluding hydrogens is 366 g/mol. The molecule has 8 heteroatoms. The van der Waals surface area contributed by atoms with Crippen LogP contribution in [0.15, 0.2) is 28.8 Å². The number of nitrogens with zero attached hydrogens (tertiary/aromatic N) is 3. The van der Waals surface area contributed by atoms with Gasteiger partial charge in [-0.2, -0.15) is 0 Å². The lowest BCUT2D eigenvalue weighted by molar-refractivity contribution is 0.0356. The summed E-state index contributed by atoms with van der Waals surface area (Å²) in [6, 6.07) is 7.62. The minimum Gasteiger partial charge on any atom is -0.485 e. The Labute approximate surface area is 160 Å². The fraction of sp³-hybridized carbons (Fsp3) is 0.421. The Balaban J connectivity index is 1.38. The number of thiazole rings is 1. The second-order valence-corrected chi connectivity index (χ2v) is 7.82. The standard InChI is InChI=1S/C19H21N3O4S/c1-12-20-16-9-14(3-4-18(16)27-12)25-11-15-10-17(21-26-15)19(23)22(2)13-5-7-24-8-6-13/h3-4,9-10,13H,5-8,11H2,1-2H3. The molecule has 3 heterocycles. The van der Waals surface area contributed by atoms with Crippen LogP contribution < -0.4 is 4.74 Å². The predicted molar refractivity (Wildman–Crippen MR) is 101 cm³/mol. The van der Waals surface area contributed by atoms with Crippen LogP contribution in [0.25, 0.3) is 10.2 Å². The first-order chi connectivity index (χ1) is 13.1. The van der Waals surface area contributed by atoms with E-state index in [1.54, 1.807) is 29.4 Å². The molecule has 142 valence electrons. The summed E-state index contributed by atoms with van der Waals surface area (Å²) in [7, 11) is 1.80. The van der Waals surface area contributed by atoms with E-state index >= 15 is 0 Å². The molecule has 1 aliphatic rings. The molecule has 1 aliphatic heterocycles. The summed E-state index contributed by atoms with van der Waals surface area (Å²) in [6.07, 6.45) is 1.68. The van der Waals surface area contributed by atoms with Crippen molar-refractivity contribution in [1.29, 1.82) is 0 Å². The highest BCUT2D eigenvalue weighted by atomic mass is 32.1. The Bertz CT molecular complexity index is 945. The van der Waals surface area contributed by atoms with Crippen molar-refractivity contribution < 1.29 is 18.8 Å². The first-order valence-corrected chi connectivity index (χ1v) is 9.72. The average Bonchev–Trinajstić information content (AvgIpc) is 3.31. The third-order valence-corrected chi connectivity index (χ3v) is 5.64. The van der Waals surface area contributed by atoms with Crippen LogP contribution in [0, 0.1) is 6.92 Å². The molecule has 0 aliphatic carbocycles. The lowest BCUT2D eigenvalue weighted by Gasteiger charge is -2.30. The maximum atomic E-state index is 12.6. The predicted octanol–water partition coefficient (Wildman–Crippen LogP) is 3.42. The summed E-state index contributed by atoms with van der Waals surface area (Å²) < 4.78 is 17.5. The average molecular weight is 387 g/mol. The number of fused-ring (bicyclic) bond motifs is 1. The van der Waals surface area contributed by atoms with Crippen LogP contribution in [0.5, 0.6) is 5.75 Å². The van der Waals surface area contributed by atoms with Gasteiger partial charge in [0.1, 0.15) is 12.4 Å². The molecule has 0 N–H and O–H groups in total. The summed E-state index contributed by atoms with van der Waals surface area (Å²) >= 11 is 1.65. The molecule has 7 nitrogen and oxygen atoms in total. The Morgan fingerprint density at radius 2 is 2.15 bits per heavy atom. The van der Waals surface area contributed by atoms with E-state index < -0.39 is 0 Å². The normalized spacial score (nSPS) is 15.2. The molecule has 0 spiro atoms. The zero-order valence-corrected chi connectivity index (χ0v) is 16.1. The van der Waals surface area contributed by atoms with Gasteiger partial charge in [0.25, 0.3) is 5.91 Å². The third kappa shape index (κ3) is 3.96. The van der Waals surface area contributed by atoms with Crippen molar-refractivity contribution >= 4 is 27.5 Å². The highest BCUT2D eigenvalue weighted by molar-refractivity contribution is 7.18. The van der Waals surface area contributed by atoms with Crippen molar-refractivity contribution in [3.63, 3.8) is 0 Å². The first kappa shape index (κ1) is 17.9. The van der Waals surface area contributed by atoms with Crippen molar-refractivity contribution in [3.8, 4) is 5.75 Å². The van der Waals surface area contributed by atoms with Crippen molar-refractivity contribution in [2.75, 3.05) is 20.3 Å². The van der Waals surface area contributed by atoms with Crippen molar-refractivity contribution in [2.45, 2.75) is 32.4 Å². The van der Waals surface area contributed by atoms with Crippen LogP contribution in [0.4, 0.5) is 0 Å². The van der Waals surface area contributed by atoms with Crippen LogP contribution >= 0.6 is 11.3 Å². The molecule has 4 rings (SSSR count). The number of aryl methyl sites for hydroxylation is 1. The van der Waals surface area contributed by atoms with Crippen LogP contribution in [0.3, 0.4) is 0 Å². The quantitative estimate of drug-likeness (QED) is 0.668. The van der Waals surface area contributed by atoms with Crippen molar-refractivity contribution in [3.05, 3.63) is 40.7 Å². The molecular formula is C19H21N3O4S. The van der Waals surface area contributed by atoms with Gasteiger partial charge in [0, 0.05) is 38.4 Å². The molecule has 27 heavy (non-hydrogen) atoms. The molecule has 3 aromatic rings. The molecule has 1 aromatic carbocycles. The van der Waals surface area contributed by atoms with E-state index in [4.69, 9.17) is 14.0 Å². The summed E-state index contributed by atoms with van der Waals surface area (Å²) in [6.45, 7) is 3.55. The maximum absolute atomic E-state index is 12.6. The number of aromatic nitrogens is 2. The van der Waals surface area contributed by atoms with Gasteiger partial charge in [-0.1, -0.05) is 5.16 Å². The Morgan fingerprint density at radius 1 is 1.33 bits per heavy atom. The highest BCUT2D eigenvalue weighted by Crippen LogP contribution is 2.26. The number of benzene rings is 1. The van der Waals surface area contributed by atoms with Gasteiger partial charge >= 0.3 is 0 Å². The van der Waals surface area contributed by atoms with Crippen LogP contribution in [-0.4, -0.2) is 47.3 Å². The monoisotopic (exact) mass is 387 g/mol. The van der Waals surface area contributed by atoms with Gasteiger partial charge in [-0.15, -0.1) is 11.3 Å². The summed E-state index contributed by atoms with van der Waals surface area (Å²) in [5.74, 6) is 1.07. The first-order valence-electron chi connectivity index (χ1n) is 8.90. The minimum atomic E-state index is -0.142. The van der Waals surface area contributed by atoms with Gasteiger partial charge in [0.2, 0.25) is 0 Å². The fourth-order valence-electron chi connectivity index (χ4n) is 3.17. The molecule has 1 amide bonds. The van der Waals surface area contributed by atoms with Crippen molar-refractivity contribution in [2.24, 2.45) is 0 Å². The number of ether oxygens (including phenoxy) is 2. The number of rotatable bonds is 5. The number of amides is 1. The highest BCUT2D eigenvalue weighted by Gasteiger charge is 2.25. The Kier molecular flexibility index (Phi) is 5.09. The molecule has 0 unspecified atom stereocenters. The fourth-order valence-corrected chi connectivity index (χ4v) is 3.97. The van der Waals surface area contributed by atoms with Crippen LogP contribution in [0.2, 0.25) is 0 Å². The second-order valence-electron chi connectivity index (χ2n) is 6.59. The van der Waals surface area contributed by atoms with Gasteiger partial charge in [-0.25, -0.2) is 4.98 Å². The molecule has 0 bridgehead atoms. The zero-order chi connectivity index (χ0) is 18.8. The minimum absolute atomic E-state index is 0.142. The smallest absolute Gasteiger partial charge is 0.276 e. The van der Waals surface area contributed by atoms with E-state index in [9.17, 15) is 4.79 Å². The van der Waals surface area contributed by atoms with E-state index in [2.05, 4.69) is 10.1 Å². The van der Waals surface area contributed by atoms with Gasteiger partial charge in [-0.3, -0.25) is 4.79 Å². The number of carbonyl (C=O) groups is 1. The number of hydrogen-bond acceptors (Lipinski definition) is 7. The summed E-state index contributed by atoms with van der Waals surface area (Å²) in [5.41, 5.74) is 1.22. The molecule has 0 atom stereocenters. The Hall–Kier alpha value is -2.45. The van der Waals surface area contributed by atoms with Crippen molar-refractivity contribution in [1.82, 2.24) is 15.0 Å². The Morgan fingerprint density at radius 3 is 2.96 bits per heavy atom. The zero-order valence-electron chi connectivity index (χ0n) is 15.3.